The van der Waals surface area contributed by atoms with Gasteiger partial charge in [0.2, 0.25) is 11.7 Å². The van der Waals surface area contributed by atoms with Crippen LogP contribution in [0.3, 0.4) is 0 Å². The second-order valence-corrected chi connectivity index (χ2v) is 6.93. The first kappa shape index (κ1) is 18.9. The zero-order valence-corrected chi connectivity index (χ0v) is 16.5. The zero-order valence-electron chi connectivity index (χ0n) is 16.5. The molecule has 0 radical (unpaired) electrons. The molecular formula is C21H23N5O3. The van der Waals surface area contributed by atoms with Crippen LogP contribution in [-0.4, -0.2) is 58.2 Å². The maximum Gasteiger partial charge on any atom is 0.263 e. The number of piperazine rings is 1. The Hall–Kier alpha value is -3.42. The lowest BCUT2D eigenvalue weighted by atomic mass is 10.2. The molecule has 8 nitrogen and oxygen atoms in total. The molecule has 1 aliphatic rings. The summed E-state index contributed by atoms with van der Waals surface area (Å²) in [6.07, 6.45) is 1.23. The van der Waals surface area contributed by atoms with E-state index in [0.717, 1.165) is 24.5 Å². The summed E-state index contributed by atoms with van der Waals surface area (Å²) in [7, 11) is 0. The van der Waals surface area contributed by atoms with Crippen LogP contribution in [-0.2, 0) is 4.79 Å². The molecule has 29 heavy (non-hydrogen) atoms. The fourth-order valence-corrected chi connectivity index (χ4v) is 3.29. The Labute approximate surface area is 169 Å². The quantitative estimate of drug-likeness (QED) is 0.659. The molecular weight excluding hydrogens is 370 g/mol. The number of carbonyl (C=O) groups is 1. The van der Waals surface area contributed by atoms with Gasteiger partial charge in [0.25, 0.3) is 5.91 Å². The van der Waals surface area contributed by atoms with Crippen LogP contribution >= 0.6 is 0 Å². The number of hydrogen-bond donors (Lipinski definition) is 0. The van der Waals surface area contributed by atoms with Gasteiger partial charge < -0.3 is 19.1 Å². The Kier molecular flexibility index (Phi) is 5.41. The number of carbonyl (C=O) groups excluding carboxylic acids is 1. The van der Waals surface area contributed by atoms with Gasteiger partial charge in [-0.1, -0.05) is 23.4 Å². The Morgan fingerprint density at radius 1 is 1.10 bits per heavy atom. The molecule has 1 aliphatic heterocycles. The second-order valence-electron chi connectivity index (χ2n) is 6.93. The Bertz CT molecular complexity index is 950. The standard InChI is InChI=1S/C21H23N5O3/c1-15(28-18-6-4-3-5-7-18)21(27)26-12-10-25(11-13-26)19-9-8-17(14-22-19)20-23-16(2)29-24-20/h3-9,14-15H,10-13H2,1-2H3/t15-/m0/s1. The highest BCUT2D eigenvalue weighted by Gasteiger charge is 2.26. The van der Waals surface area contributed by atoms with Gasteiger partial charge in [-0.15, -0.1) is 0 Å². The van der Waals surface area contributed by atoms with Crippen molar-refractivity contribution in [3.8, 4) is 17.1 Å². The Balaban J connectivity index is 1.32. The van der Waals surface area contributed by atoms with Crippen molar-refractivity contribution in [1.29, 1.82) is 0 Å². The molecule has 3 aromatic rings. The first-order valence-electron chi connectivity index (χ1n) is 9.62. The highest BCUT2D eigenvalue weighted by Crippen LogP contribution is 2.20. The van der Waals surface area contributed by atoms with E-state index in [0.29, 0.717) is 30.6 Å². The molecule has 1 amide bonds. The van der Waals surface area contributed by atoms with E-state index in [-0.39, 0.29) is 5.91 Å². The fraction of sp³-hybridized carbons (Fsp3) is 0.333. The van der Waals surface area contributed by atoms with Crippen LogP contribution in [0.2, 0.25) is 0 Å². The van der Waals surface area contributed by atoms with E-state index in [2.05, 4.69) is 20.0 Å². The molecule has 3 heterocycles. The van der Waals surface area contributed by atoms with Crippen molar-refractivity contribution in [2.24, 2.45) is 0 Å². The Morgan fingerprint density at radius 3 is 2.48 bits per heavy atom. The first-order valence-corrected chi connectivity index (χ1v) is 9.62. The van der Waals surface area contributed by atoms with E-state index in [4.69, 9.17) is 9.26 Å². The van der Waals surface area contributed by atoms with Crippen LogP contribution < -0.4 is 9.64 Å². The van der Waals surface area contributed by atoms with Crippen LogP contribution in [0.4, 0.5) is 5.82 Å². The van der Waals surface area contributed by atoms with Gasteiger partial charge in [0, 0.05) is 44.9 Å². The highest BCUT2D eigenvalue weighted by molar-refractivity contribution is 5.81. The van der Waals surface area contributed by atoms with Crippen molar-refractivity contribution in [2.45, 2.75) is 20.0 Å². The molecule has 1 fully saturated rings. The molecule has 1 saturated heterocycles. The number of aryl methyl sites for hydroxylation is 1. The van der Waals surface area contributed by atoms with Gasteiger partial charge in [0.05, 0.1) is 0 Å². The average Bonchev–Trinajstić information content (AvgIpc) is 3.20. The zero-order chi connectivity index (χ0) is 20.2. The van der Waals surface area contributed by atoms with Crippen molar-refractivity contribution in [3.05, 3.63) is 54.6 Å². The van der Waals surface area contributed by atoms with Gasteiger partial charge in [0.15, 0.2) is 6.10 Å². The molecule has 0 bridgehead atoms. The summed E-state index contributed by atoms with van der Waals surface area (Å²) >= 11 is 0. The van der Waals surface area contributed by atoms with Gasteiger partial charge in [0.1, 0.15) is 11.6 Å². The second kappa shape index (κ2) is 8.30. The number of anilines is 1. The number of amides is 1. The summed E-state index contributed by atoms with van der Waals surface area (Å²) in [4.78, 5) is 25.4. The molecule has 0 aliphatic carbocycles. The predicted molar refractivity (Wildman–Crippen MR) is 108 cm³/mol. The van der Waals surface area contributed by atoms with E-state index in [9.17, 15) is 4.79 Å². The van der Waals surface area contributed by atoms with Crippen molar-refractivity contribution in [3.63, 3.8) is 0 Å². The molecule has 0 unspecified atom stereocenters. The third-order valence-electron chi connectivity index (χ3n) is 4.85. The molecule has 0 N–H and O–H groups in total. The number of hydrogen-bond acceptors (Lipinski definition) is 7. The SMILES string of the molecule is Cc1nc(-c2ccc(N3CCN(C(=O)[C@H](C)Oc4ccccc4)CC3)nc2)no1. The maximum atomic E-state index is 12.7. The van der Waals surface area contributed by atoms with Crippen LogP contribution in [0.5, 0.6) is 5.75 Å². The number of nitrogens with zero attached hydrogens (tertiary/aromatic N) is 5. The average molecular weight is 393 g/mol. The van der Waals surface area contributed by atoms with E-state index in [1.807, 2.05) is 47.4 Å². The molecule has 150 valence electrons. The van der Waals surface area contributed by atoms with Crippen LogP contribution in [0, 0.1) is 6.92 Å². The number of rotatable bonds is 5. The summed E-state index contributed by atoms with van der Waals surface area (Å²) in [6.45, 7) is 6.25. The van der Waals surface area contributed by atoms with Gasteiger partial charge in [-0.2, -0.15) is 4.98 Å². The molecule has 1 atom stereocenters. The third kappa shape index (κ3) is 4.37. The van der Waals surface area contributed by atoms with Crippen molar-refractivity contribution >= 4 is 11.7 Å². The number of ether oxygens (including phenoxy) is 1. The number of para-hydroxylation sites is 1. The number of benzene rings is 1. The molecule has 0 saturated carbocycles. The van der Waals surface area contributed by atoms with Gasteiger partial charge in [-0.25, -0.2) is 4.98 Å². The van der Waals surface area contributed by atoms with E-state index < -0.39 is 6.10 Å². The van der Waals surface area contributed by atoms with Gasteiger partial charge in [-0.3, -0.25) is 4.79 Å². The lowest BCUT2D eigenvalue weighted by Crippen LogP contribution is -2.52. The topological polar surface area (TPSA) is 84.6 Å². The van der Waals surface area contributed by atoms with Crippen LogP contribution in [0.1, 0.15) is 12.8 Å². The molecule has 0 spiro atoms. The monoisotopic (exact) mass is 393 g/mol. The summed E-state index contributed by atoms with van der Waals surface area (Å²) < 4.78 is 10.8. The van der Waals surface area contributed by atoms with Gasteiger partial charge in [-0.05, 0) is 31.2 Å². The lowest BCUT2D eigenvalue weighted by Gasteiger charge is -2.36. The smallest absolute Gasteiger partial charge is 0.263 e. The molecule has 2 aromatic heterocycles. The van der Waals surface area contributed by atoms with Crippen molar-refractivity contribution in [1.82, 2.24) is 20.0 Å². The molecule has 1 aromatic carbocycles. The summed E-state index contributed by atoms with van der Waals surface area (Å²) in [6, 6.07) is 13.3. The van der Waals surface area contributed by atoms with E-state index >= 15 is 0 Å². The number of aromatic nitrogens is 3. The van der Waals surface area contributed by atoms with Crippen LogP contribution in [0.25, 0.3) is 11.4 Å². The fourth-order valence-electron chi connectivity index (χ4n) is 3.29. The summed E-state index contributed by atoms with van der Waals surface area (Å²) in [5.74, 6) is 2.63. The minimum Gasteiger partial charge on any atom is -0.481 e. The van der Waals surface area contributed by atoms with Crippen LogP contribution in [0.15, 0.2) is 53.2 Å². The maximum absolute atomic E-state index is 12.7. The summed E-state index contributed by atoms with van der Waals surface area (Å²) in [5, 5.41) is 3.91. The molecule has 4 rings (SSSR count). The number of pyridine rings is 1. The minimum absolute atomic E-state index is 0.00397. The Morgan fingerprint density at radius 2 is 1.86 bits per heavy atom. The third-order valence-corrected chi connectivity index (χ3v) is 4.85. The minimum atomic E-state index is -0.514. The van der Waals surface area contributed by atoms with Crippen molar-refractivity contribution in [2.75, 3.05) is 31.1 Å². The largest absolute Gasteiger partial charge is 0.481 e. The lowest BCUT2D eigenvalue weighted by molar-refractivity contribution is -0.138. The normalized spacial score (nSPS) is 15.2. The predicted octanol–water partition coefficient (Wildman–Crippen LogP) is 2.56. The van der Waals surface area contributed by atoms with Crippen molar-refractivity contribution < 1.29 is 14.1 Å². The first-order chi connectivity index (χ1) is 14.1. The van der Waals surface area contributed by atoms with E-state index in [1.54, 1.807) is 20.0 Å². The summed E-state index contributed by atoms with van der Waals surface area (Å²) in [5.41, 5.74) is 0.811. The highest BCUT2D eigenvalue weighted by atomic mass is 16.5. The van der Waals surface area contributed by atoms with Gasteiger partial charge >= 0.3 is 0 Å². The van der Waals surface area contributed by atoms with E-state index in [1.165, 1.54) is 0 Å². The molecule has 8 heteroatoms.